The molecule has 0 aliphatic carbocycles. The summed E-state index contributed by atoms with van der Waals surface area (Å²) < 4.78 is 1.72. The van der Waals surface area contributed by atoms with E-state index >= 15 is 0 Å². The Morgan fingerprint density at radius 2 is 2.08 bits per heavy atom. The Balaban J connectivity index is 1.46. The Bertz CT molecular complexity index is 888. The fourth-order valence-corrected chi connectivity index (χ4v) is 3.08. The minimum atomic E-state index is 0.137. The van der Waals surface area contributed by atoms with Crippen LogP contribution in [0.3, 0.4) is 0 Å². The van der Waals surface area contributed by atoms with Gasteiger partial charge in [0.25, 0.3) is 0 Å². The van der Waals surface area contributed by atoms with E-state index in [0.717, 1.165) is 18.0 Å². The van der Waals surface area contributed by atoms with Gasteiger partial charge in [-0.1, -0.05) is 29.8 Å². The minimum absolute atomic E-state index is 0.137. The molecule has 1 saturated heterocycles. The molecule has 6 heteroatoms. The number of aromatic nitrogens is 3. The molecule has 1 aliphatic rings. The summed E-state index contributed by atoms with van der Waals surface area (Å²) in [6, 6.07) is 12.1. The van der Waals surface area contributed by atoms with Gasteiger partial charge < -0.3 is 9.80 Å². The Morgan fingerprint density at radius 3 is 2.92 bits per heavy atom. The fourth-order valence-electron chi connectivity index (χ4n) is 3.08. The number of benzene rings is 1. The summed E-state index contributed by atoms with van der Waals surface area (Å²) in [4.78, 5) is 21.0. The molecule has 1 amide bonds. The number of anilines is 1. The molecule has 2 aromatic heterocycles. The van der Waals surface area contributed by atoms with Gasteiger partial charge in [0.2, 0.25) is 5.91 Å². The largest absolute Gasteiger partial charge is 0.345 e. The van der Waals surface area contributed by atoms with Gasteiger partial charge in [0.05, 0.1) is 12.7 Å². The van der Waals surface area contributed by atoms with Crippen LogP contribution in [0.5, 0.6) is 0 Å². The van der Waals surface area contributed by atoms with Crippen LogP contribution in [0.1, 0.15) is 11.1 Å². The molecule has 0 N–H and O–H groups in total. The summed E-state index contributed by atoms with van der Waals surface area (Å²) in [5, 5.41) is 4.15. The molecule has 4 rings (SSSR count). The van der Waals surface area contributed by atoms with Crippen LogP contribution >= 0.6 is 0 Å². The standard InChI is InChI=1S/C18H19N5O/c1-14-3-2-4-15(11-14)12-22-10-9-21(13-18(22)24)16-6-8-23-17(20-16)5-7-19-23/h2-8,11H,9-10,12-13H2,1H3. The van der Waals surface area contributed by atoms with Gasteiger partial charge in [0.15, 0.2) is 5.65 Å². The predicted molar refractivity (Wildman–Crippen MR) is 91.8 cm³/mol. The number of nitrogens with zero attached hydrogens (tertiary/aromatic N) is 5. The van der Waals surface area contributed by atoms with E-state index in [2.05, 4.69) is 35.2 Å². The first kappa shape index (κ1) is 14.7. The highest BCUT2D eigenvalue weighted by Gasteiger charge is 2.25. The van der Waals surface area contributed by atoms with E-state index in [0.29, 0.717) is 19.6 Å². The summed E-state index contributed by atoms with van der Waals surface area (Å²) in [5.74, 6) is 0.962. The Labute approximate surface area is 140 Å². The van der Waals surface area contributed by atoms with Crippen molar-refractivity contribution in [3.63, 3.8) is 0 Å². The van der Waals surface area contributed by atoms with Crippen LogP contribution in [0.15, 0.2) is 48.8 Å². The van der Waals surface area contributed by atoms with E-state index < -0.39 is 0 Å². The summed E-state index contributed by atoms with van der Waals surface area (Å²) in [5.41, 5.74) is 3.19. The lowest BCUT2D eigenvalue weighted by molar-refractivity contribution is -0.131. The van der Waals surface area contributed by atoms with Crippen molar-refractivity contribution in [3.8, 4) is 0 Å². The second kappa shape index (κ2) is 5.96. The van der Waals surface area contributed by atoms with E-state index in [1.807, 2.05) is 34.2 Å². The number of fused-ring (bicyclic) bond motifs is 1. The molecule has 0 bridgehead atoms. The van der Waals surface area contributed by atoms with Crippen LogP contribution in [0, 0.1) is 6.92 Å². The monoisotopic (exact) mass is 321 g/mol. The molecule has 3 aromatic rings. The average molecular weight is 321 g/mol. The summed E-state index contributed by atoms with van der Waals surface area (Å²) in [6.07, 6.45) is 3.60. The first-order valence-electron chi connectivity index (χ1n) is 8.08. The van der Waals surface area contributed by atoms with E-state index in [9.17, 15) is 4.79 Å². The lowest BCUT2D eigenvalue weighted by atomic mass is 10.1. The van der Waals surface area contributed by atoms with Gasteiger partial charge >= 0.3 is 0 Å². The van der Waals surface area contributed by atoms with E-state index in [4.69, 9.17) is 0 Å². The van der Waals surface area contributed by atoms with Crippen molar-refractivity contribution in [2.75, 3.05) is 24.5 Å². The molecule has 1 fully saturated rings. The van der Waals surface area contributed by atoms with Crippen molar-refractivity contribution >= 4 is 17.4 Å². The van der Waals surface area contributed by atoms with Gasteiger partial charge in [0, 0.05) is 31.9 Å². The molecule has 3 heterocycles. The first-order valence-corrected chi connectivity index (χ1v) is 8.08. The zero-order valence-electron chi connectivity index (χ0n) is 13.6. The molecular weight excluding hydrogens is 302 g/mol. The second-order valence-electron chi connectivity index (χ2n) is 6.15. The smallest absolute Gasteiger partial charge is 0.242 e. The molecule has 0 radical (unpaired) electrons. The molecule has 6 nitrogen and oxygen atoms in total. The molecular formula is C18H19N5O. The second-order valence-corrected chi connectivity index (χ2v) is 6.15. The van der Waals surface area contributed by atoms with Crippen molar-refractivity contribution in [1.82, 2.24) is 19.5 Å². The third-order valence-corrected chi connectivity index (χ3v) is 4.34. The SMILES string of the molecule is Cc1cccc(CN2CCN(c3ccn4nccc4n3)CC2=O)c1. The topological polar surface area (TPSA) is 53.7 Å². The number of rotatable bonds is 3. The number of carbonyl (C=O) groups excluding carboxylic acids is 1. The van der Waals surface area contributed by atoms with E-state index in [1.165, 1.54) is 11.1 Å². The maximum Gasteiger partial charge on any atom is 0.242 e. The van der Waals surface area contributed by atoms with Gasteiger partial charge in [0.1, 0.15) is 5.82 Å². The molecule has 1 aromatic carbocycles. The average Bonchev–Trinajstić information content (AvgIpc) is 3.04. The predicted octanol–water partition coefficient (Wildman–Crippen LogP) is 1.89. The molecule has 1 aliphatic heterocycles. The number of amides is 1. The van der Waals surface area contributed by atoms with Crippen LogP contribution < -0.4 is 4.90 Å². The van der Waals surface area contributed by atoms with E-state index in [1.54, 1.807) is 10.7 Å². The lowest BCUT2D eigenvalue weighted by Gasteiger charge is -2.35. The van der Waals surface area contributed by atoms with Gasteiger partial charge in [-0.2, -0.15) is 5.10 Å². The fraction of sp³-hybridized carbons (Fsp3) is 0.278. The zero-order chi connectivity index (χ0) is 16.5. The lowest BCUT2D eigenvalue weighted by Crippen LogP contribution is -2.50. The van der Waals surface area contributed by atoms with Crippen LogP contribution in [0.25, 0.3) is 5.65 Å². The Hall–Kier alpha value is -2.89. The molecule has 0 spiro atoms. The number of carbonyl (C=O) groups is 1. The van der Waals surface area contributed by atoms with Crippen molar-refractivity contribution in [1.29, 1.82) is 0 Å². The van der Waals surface area contributed by atoms with Crippen LogP contribution in [-0.2, 0) is 11.3 Å². The quantitative estimate of drug-likeness (QED) is 0.739. The summed E-state index contributed by atoms with van der Waals surface area (Å²) >= 11 is 0. The van der Waals surface area contributed by atoms with Crippen molar-refractivity contribution < 1.29 is 4.79 Å². The van der Waals surface area contributed by atoms with Crippen LogP contribution in [-0.4, -0.2) is 45.0 Å². The van der Waals surface area contributed by atoms with Crippen LogP contribution in [0.4, 0.5) is 5.82 Å². The molecule has 122 valence electrons. The summed E-state index contributed by atoms with van der Waals surface area (Å²) in [6.45, 7) is 4.60. The van der Waals surface area contributed by atoms with Gasteiger partial charge in [-0.05, 0) is 18.6 Å². The van der Waals surface area contributed by atoms with Crippen LogP contribution in [0.2, 0.25) is 0 Å². The number of hydrogen-bond acceptors (Lipinski definition) is 4. The highest BCUT2D eigenvalue weighted by molar-refractivity contribution is 5.82. The third kappa shape index (κ3) is 2.82. The van der Waals surface area contributed by atoms with Crippen molar-refractivity contribution in [3.05, 3.63) is 59.9 Å². The highest BCUT2D eigenvalue weighted by Crippen LogP contribution is 2.17. The normalized spacial score (nSPS) is 15.3. The molecule has 0 saturated carbocycles. The molecule has 0 unspecified atom stereocenters. The van der Waals surface area contributed by atoms with Crippen molar-refractivity contribution in [2.45, 2.75) is 13.5 Å². The van der Waals surface area contributed by atoms with Gasteiger partial charge in [-0.3, -0.25) is 4.79 Å². The summed E-state index contributed by atoms with van der Waals surface area (Å²) in [7, 11) is 0. The Morgan fingerprint density at radius 1 is 1.17 bits per heavy atom. The first-order chi connectivity index (χ1) is 11.7. The van der Waals surface area contributed by atoms with E-state index in [-0.39, 0.29) is 5.91 Å². The Kier molecular flexibility index (Phi) is 3.65. The van der Waals surface area contributed by atoms with Gasteiger partial charge in [-0.25, -0.2) is 9.50 Å². The highest BCUT2D eigenvalue weighted by atomic mass is 16.2. The number of piperazine rings is 1. The zero-order valence-corrected chi connectivity index (χ0v) is 13.6. The maximum atomic E-state index is 12.5. The van der Waals surface area contributed by atoms with Crippen molar-refractivity contribution in [2.24, 2.45) is 0 Å². The molecule has 24 heavy (non-hydrogen) atoms. The number of aryl methyl sites for hydroxylation is 1. The van der Waals surface area contributed by atoms with Gasteiger partial charge in [-0.15, -0.1) is 0 Å². The third-order valence-electron chi connectivity index (χ3n) is 4.34. The molecule has 0 atom stereocenters. The maximum absolute atomic E-state index is 12.5. The minimum Gasteiger partial charge on any atom is -0.345 e. The number of hydrogen-bond donors (Lipinski definition) is 0.